The van der Waals surface area contributed by atoms with Gasteiger partial charge in [-0.25, -0.2) is 8.42 Å². The van der Waals surface area contributed by atoms with E-state index in [0.717, 1.165) is 0 Å². The Hall–Kier alpha value is -0.130. The minimum atomic E-state index is -3.05. The summed E-state index contributed by atoms with van der Waals surface area (Å²) >= 11 is 0. The van der Waals surface area contributed by atoms with Crippen molar-refractivity contribution in [1.29, 1.82) is 0 Å². The second-order valence-electron chi connectivity index (χ2n) is 5.45. The lowest BCUT2D eigenvalue weighted by atomic mass is 9.88. The maximum Gasteiger partial charge on any atom is 0.214 e. The van der Waals surface area contributed by atoms with Crippen molar-refractivity contribution in [3.63, 3.8) is 0 Å². The van der Waals surface area contributed by atoms with E-state index >= 15 is 0 Å². The third-order valence-corrected chi connectivity index (χ3v) is 5.40. The number of hydrogen-bond donors (Lipinski definition) is 1. The van der Waals surface area contributed by atoms with Gasteiger partial charge in [0, 0.05) is 18.6 Å². The van der Waals surface area contributed by atoms with E-state index in [1.165, 1.54) is 12.8 Å². The highest BCUT2D eigenvalue weighted by Crippen LogP contribution is 2.43. The fourth-order valence-corrected chi connectivity index (χ4v) is 4.18. The summed E-state index contributed by atoms with van der Waals surface area (Å²) in [7, 11) is -3.05. The lowest BCUT2D eigenvalue weighted by molar-refractivity contribution is 0.135. The van der Waals surface area contributed by atoms with Gasteiger partial charge in [-0.1, -0.05) is 13.8 Å². The van der Waals surface area contributed by atoms with Crippen LogP contribution in [0, 0.1) is 11.8 Å². The van der Waals surface area contributed by atoms with Crippen LogP contribution in [-0.4, -0.2) is 37.1 Å². The molecule has 0 spiro atoms. The van der Waals surface area contributed by atoms with E-state index in [4.69, 9.17) is 5.73 Å². The molecule has 0 radical (unpaired) electrons. The molecule has 1 saturated carbocycles. The minimum absolute atomic E-state index is 0.184. The van der Waals surface area contributed by atoms with Crippen LogP contribution in [-0.2, 0) is 10.0 Å². The van der Waals surface area contributed by atoms with Crippen LogP contribution in [0.4, 0.5) is 0 Å². The predicted molar refractivity (Wildman–Crippen MR) is 59.8 cm³/mol. The highest BCUT2D eigenvalue weighted by Gasteiger charge is 2.53. The number of nitrogens with zero attached hydrogens (tertiary/aromatic N) is 1. The normalized spacial score (nSPS) is 26.7. The summed E-state index contributed by atoms with van der Waals surface area (Å²) in [6.07, 6.45) is 2.35. The second kappa shape index (κ2) is 3.43. The van der Waals surface area contributed by atoms with Crippen molar-refractivity contribution in [2.75, 3.05) is 18.8 Å². The van der Waals surface area contributed by atoms with Crippen molar-refractivity contribution in [2.45, 2.75) is 32.2 Å². The number of rotatable bonds is 4. The molecule has 0 bridgehead atoms. The summed E-state index contributed by atoms with van der Waals surface area (Å²) in [5.41, 5.74) is 5.92. The van der Waals surface area contributed by atoms with Gasteiger partial charge in [0.15, 0.2) is 0 Å². The van der Waals surface area contributed by atoms with E-state index in [2.05, 4.69) is 0 Å². The molecule has 2 rings (SSSR count). The molecule has 15 heavy (non-hydrogen) atoms. The van der Waals surface area contributed by atoms with E-state index in [1.54, 1.807) is 4.31 Å². The monoisotopic (exact) mass is 232 g/mol. The van der Waals surface area contributed by atoms with E-state index in [0.29, 0.717) is 19.0 Å². The van der Waals surface area contributed by atoms with Crippen LogP contribution in [0.3, 0.4) is 0 Å². The molecule has 0 amide bonds. The molecule has 0 aromatic heterocycles. The Bertz CT molecular complexity index is 340. The third-order valence-electron chi connectivity index (χ3n) is 3.27. The van der Waals surface area contributed by atoms with Gasteiger partial charge in [-0.3, -0.25) is 0 Å². The van der Waals surface area contributed by atoms with Crippen LogP contribution in [0.2, 0.25) is 0 Å². The predicted octanol–water partition coefficient (Wildman–Crippen LogP) is 0.395. The van der Waals surface area contributed by atoms with Crippen LogP contribution < -0.4 is 5.73 Å². The molecule has 0 atom stereocenters. The van der Waals surface area contributed by atoms with Crippen molar-refractivity contribution in [2.24, 2.45) is 17.6 Å². The Morgan fingerprint density at radius 2 is 1.93 bits per heavy atom. The van der Waals surface area contributed by atoms with Crippen LogP contribution >= 0.6 is 0 Å². The van der Waals surface area contributed by atoms with Crippen molar-refractivity contribution in [3.8, 4) is 0 Å². The Morgan fingerprint density at radius 1 is 1.40 bits per heavy atom. The van der Waals surface area contributed by atoms with Gasteiger partial charge in [-0.15, -0.1) is 0 Å². The summed E-state index contributed by atoms with van der Waals surface area (Å²) in [4.78, 5) is 0. The Morgan fingerprint density at radius 3 is 2.33 bits per heavy atom. The van der Waals surface area contributed by atoms with Crippen LogP contribution in [0.25, 0.3) is 0 Å². The number of nitrogens with two attached hydrogens (primary N) is 1. The third kappa shape index (κ3) is 2.19. The molecule has 0 aromatic rings. The van der Waals surface area contributed by atoms with Crippen molar-refractivity contribution < 1.29 is 8.42 Å². The quantitative estimate of drug-likeness (QED) is 0.763. The van der Waals surface area contributed by atoms with Crippen LogP contribution in [0.1, 0.15) is 26.7 Å². The summed E-state index contributed by atoms with van der Waals surface area (Å²) in [5.74, 6) is 1.000. The molecule has 5 heteroatoms. The van der Waals surface area contributed by atoms with Gasteiger partial charge in [-0.05, 0) is 24.7 Å². The summed E-state index contributed by atoms with van der Waals surface area (Å²) in [6.45, 7) is 4.92. The van der Waals surface area contributed by atoms with Gasteiger partial charge in [-0.2, -0.15) is 4.31 Å². The molecule has 4 nitrogen and oxygen atoms in total. The molecule has 1 saturated heterocycles. The van der Waals surface area contributed by atoms with Gasteiger partial charge in [0.25, 0.3) is 0 Å². The second-order valence-corrected chi connectivity index (χ2v) is 7.46. The first-order chi connectivity index (χ1) is 6.83. The lowest BCUT2D eigenvalue weighted by Gasteiger charge is -2.47. The van der Waals surface area contributed by atoms with Gasteiger partial charge in [0.2, 0.25) is 10.0 Å². The van der Waals surface area contributed by atoms with Crippen molar-refractivity contribution in [3.05, 3.63) is 0 Å². The maximum atomic E-state index is 11.8. The van der Waals surface area contributed by atoms with Crippen LogP contribution in [0.5, 0.6) is 0 Å². The summed E-state index contributed by atoms with van der Waals surface area (Å²) < 4.78 is 25.2. The van der Waals surface area contributed by atoms with Gasteiger partial charge in [0.05, 0.1) is 5.75 Å². The largest absolute Gasteiger partial charge is 0.323 e. The first-order valence-electron chi connectivity index (χ1n) is 5.60. The maximum absolute atomic E-state index is 11.8. The molecule has 2 aliphatic rings. The Labute approximate surface area is 91.9 Å². The fourth-order valence-electron chi connectivity index (χ4n) is 2.25. The van der Waals surface area contributed by atoms with Gasteiger partial charge < -0.3 is 5.73 Å². The molecule has 0 aromatic carbocycles. The van der Waals surface area contributed by atoms with Gasteiger partial charge in [0.1, 0.15) is 0 Å². The molecule has 1 aliphatic heterocycles. The lowest BCUT2D eigenvalue weighted by Crippen LogP contribution is -2.70. The standard InChI is InChI=1S/C10H20N2O2S/c1-8(2)5-15(13,14)12-6-10(11,7-12)9-3-4-9/h8-9H,3-7,11H2,1-2H3. The first-order valence-corrected chi connectivity index (χ1v) is 7.21. The zero-order chi connectivity index (χ0) is 11.3. The zero-order valence-corrected chi connectivity index (χ0v) is 10.3. The highest BCUT2D eigenvalue weighted by atomic mass is 32.2. The molecular formula is C10H20N2O2S. The zero-order valence-electron chi connectivity index (χ0n) is 9.44. The van der Waals surface area contributed by atoms with E-state index in [9.17, 15) is 8.42 Å². The Kier molecular flexibility index (Phi) is 2.60. The van der Waals surface area contributed by atoms with E-state index in [-0.39, 0.29) is 17.2 Å². The average Bonchev–Trinajstić information content (AvgIpc) is 2.77. The number of sulfonamides is 1. The Balaban J connectivity index is 1.93. The molecule has 2 fully saturated rings. The van der Waals surface area contributed by atoms with Crippen molar-refractivity contribution in [1.82, 2.24) is 4.31 Å². The first kappa shape index (κ1) is 11.4. The average molecular weight is 232 g/mol. The number of hydrogen-bond acceptors (Lipinski definition) is 3. The smallest absolute Gasteiger partial charge is 0.214 e. The SMILES string of the molecule is CC(C)CS(=O)(=O)N1CC(N)(C2CC2)C1. The molecular weight excluding hydrogens is 212 g/mol. The summed E-state index contributed by atoms with van der Waals surface area (Å²) in [6, 6.07) is 0. The van der Waals surface area contributed by atoms with E-state index in [1.807, 2.05) is 13.8 Å². The van der Waals surface area contributed by atoms with Gasteiger partial charge >= 0.3 is 0 Å². The molecule has 1 aliphatic carbocycles. The molecule has 1 heterocycles. The van der Waals surface area contributed by atoms with Crippen molar-refractivity contribution >= 4 is 10.0 Å². The summed E-state index contributed by atoms with van der Waals surface area (Å²) in [5, 5.41) is 0. The molecule has 0 unspecified atom stereocenters. The van der Waals surface area contributed by atoms with E-state index < -0.39 is 10.0 Å². The minimum Gasteiger partial charge on any atom is -0.323 e. The molecule has 88 valence electrons. The fraction of sp³-hybridized carbons (Fsp3) is 1.00. The topological polar surface area (TPSA) is 63.4 Å². The highest BCUT2D eigenvalue weighted by molar-refractivity contribution is 7.89. The van der Waals surface area contributed by atoms with Crippen LogP contribution in [0.15, 0.2) is 0 Å². The molecule has 2 N–H and O–H groups in total.